The highest BCUT2D eigenvalue weighted by Crippen LogP contribution is 2.27. The van der Waals surface area contributed by atoms with E-state index in [1.165, 1.54) is 0 Å². The van der Waals surface area contributed by atoms with Gasteiger partial charge < -0.3 is 10.6 Å². The average Bonchev–Trinajstić information content (AvgIpc) is 2.71. The van der Waals surface area contributed by atoms with Crippen molar-refractivity contribution in [1.82, 2.24) is 0 Å². The van der Waals surface area contributed by atoms with Crippen molar-refractivity contribution in [2.24, 2.45) is 0 Å². The summed E-state index contributed by atoms with van der Waals surface area (Å²) in [5.74, 6) is 0.311. The van der Waals surface area contributed by atoms with Crippen molar-refractivity contribution >= 4 is 56.0 Å². The number of benzene rings is 3. The Morgan fingerprint density at radius 1 is 0.935 bits per heavy atom. The Bertz CT molecular complexity index is 1190. The second-order valence-corrected chi connectivity index (χ2v) is 9.93. The molecule has 0 fully saturated rings. The lowest BCUT2D eigenvalue weighted by Gasteiger charge is -2.18. The van der Waals surface area contributed by atoms with Gasteiger partial charge in [-0.25, -0.2) is 8.42 Å². The van der Waals surface area contributed by atoms with Gasteiger partial charge in [-0.05, 0) is 78.7 Å². The fraction of sp³-hybridized carbons (Fsp3) is 0.174. The topological polar surface area (TPSA) is 70.2 Å². The average molecular weight is 474 g/mol. The lowest BCUT2D eigenvalue weighted by atomic mass is 10.0. The molecule has 3 N–H and O–H groups in total. The molecule has 3 aromatic carbocycles. The van der Waals surface area contributed by atoms with Crippen LogP contribution in [0.25, 0.3) is 0 Å². The van der Waals surface area contributed by atoms with E-state index in [4.69, 9.17) is 23.8 Å². The smallest absolute Gasteiger partial charge is 0.263 e. The van der Waals surface area contributed by atoms with Crippen LogP contribution < -0.4 is 15.4 Å². The number of hydrogen-bond donors (Lipinski definition) is 3. The van der Waals surface area contributed by atoms with E-state index in [9.17, 15) is 8.42 Å². The van der Waals surface area contributed by atoms with Gasteiger partial charge in [0.25, 0.3) is 10.0 Å². The summed E-state index contributed by atoms with van der Waals surface area (Å²) in [5.41, 5.74) is 3.61. The number of sulfonamides is 1. The molecular formula is C23H24ClN3O2S2. The summed E-state index contributed by atoms with van der Waals surface area (Å²) < 4.78 is 28.8. The first-order valence-electron chi connectivity index (χ1n) is 9.71. The van der Waals surface area contributed by atoms with Crippen LogP contribution in [0, 0.1) is 6.92 Å². The molecule has 0 unspecified atom stereocenters. The summed E-state index contributed by atoms with van der Waals surface area (Å²) in [6.07, 6.45) is 0. The lowest BCUT2D eigenvalue weighted by Crippen LogP contribution is -2.23. The maximum Gasteiger partial charge on any atom is 0.263 e. The van der Waals surface area contributed by atoms with E-state index in [-0.39, 0.29) is 4.90 Å². The zero-order valence-corrected chi connectivity index (χ0v) is 19.8. The molecule has 0 amide bonds. The fourth-order valence-electron chi connectivity index (χ4n) is 3.07. The number of nitrogens with one attached hydrogen (secondary N) is 3. The van der Waals surface area contributed by atoms with Gasteiger partial charge in [-0.2, -0.15) is 0 Å². The molecule has 0 spiro atoms. The van der Waals surface area contributed by atoms with Crippen LogP contribution in [-0.4, -0.2) is 13.5 Å². The number of aryl methyl sites for hydroxylation is 1. The van der Waals surface area contributed by atoms with Crippen LogP contribution >= 0.6 is 23.8 Å². The molecule has 3 rings (SSSR count). The van der Waals surface area contributed by atoms with Crippen molar-refractivity contribution in [3.8, 4) is 0 Å². The van der Waals surface area contributed by atoms with E-state index < -0.39 is 10.0 Å². The molecule has 5 nitrogen and oxygen atoms in total. The van der Waals surface area contributed by atoms with Crippen LogP contribution in [0.1, 0.15) is 30.9 Å². The summed E-state index contributed by atoms with van der Waals surface area (Å²) in [6.45, 7) is 6.04. The van der Waals surface area contributed by atoms with Crippen LogP contribution in [0.5, 0.6) is 0 Å². The minimum atomic E-state index is -3.86. The first-order valence-corrected chi connectivity index (χ1v) is 12.0. The molecule has 0 saturated heterocycles. The number of rotatable bonds is 6. The second kappa shape index (κ2) is 9.68. The molecule has 0 radical (unpaired) electrons. The van der Waals surface area contributed by atoms with Crippen molar-refractivity contribution in [3.05, 3.63) is 82.9 Å². The predicted molar refractivity (Wildman–Crippen MR) is 134 cm³/mol. The van der Waals surface area contributed by atoms with Gasteiger partial charge in [-0.15, -0.1) is 0 Å². The van der Waals surface area contributed by atoms with E-state index >= 15 is 0 Å². The van der Waals surface area contributed by atoms with Crippen molar-refractivity contribution in [2.75, 3.05) is 15.4 Å². The molecular weight excluding hydrogens is 450 g/mol. The normalized spacial score (nSPS) is 11.3. The van der Waals surface area contributed by atoms with Crippen molar-refractivity contribution in [2.45, 2.75) is 31.6 Å². The maximum absolute atomic E-state index is 13.1. The molecule has 3 aromatic rings. The van der Waals surface area contributed by atoms with Gasteiger partial charge in [0.1, 0.15) is 4.90 Å². The highest BCUT2D eigenvalue weighted by molar-refractivity contribution is 7.93. The van der Waals surface area contributed by atoms with Crippen molar-refractivity contribution in [1.29, 1.82) is 0 Å². The van der Waals surface area contributed by atoms with Crippen LogP contribution in [0.2, 0.25) is 5.02 Å². The van der Waals surface area contributed by atoms with Gasteiger partial charge in [0.05, 0.1) is 5.69 Å². The third-order valence-electron chi connectivity index (χ3n) is 4.60. The molecule has 0 aliphatic rings. The Morgan fingerprint density at radius 3 is 2.26 bits per heavy atom. The minimum absolute atomic E-state index is 0.101. The summed E-state index contributed by atoms with van der Waals surface area (Å²) in [4.78, 5) is 0.101. The summed E-state index contributed by atoms with van der Waals surface area (Å²) in [6, 6.07) is 19.5. The second-order valence-electron chi connectivity index (χ2n) is 7.43. The predicted octanol–water partition coefficient (Wildman–Crippen LogP) is 6.38. The minimum Gasteiger partial charge on any atom is -0.332 e. The first-order chi connectivity index (χ1) is 14.7. The SMILES string of the molecule is Cc1ccc(NC(=S)Nc2ccccc2C(C)C)c(S(=O)(=O)Nc2ccc(Cl)cc2)c1. The van der Waals surface area contributed by atoms with Crippen molar-refractivity contribution < 1.29 is 8.42 Å². The molecule has 0 aliphatic heterocycles. The van der Waals surface area contributed by atoms with Crippen LogP contribution in [-0.2, 0) is 10.0 Å². The Kier molecular flexibility index (Phi) is 7.20. The van der Waals surface area contributed by atoms with Crippen LogP contribution in [0.15, 0.2) is 71.6 Å². The molecule has 0 bridgehead atoms. The van der Waals surface area contributed by atoms with Gasteiger partial charge in [0, 0.05) is 16.4 Å². The molecule has 0 aliphatic carbocycles. The van der Waals surface area contributed by atoms with Crippen LogP contribution in [0.4, 0.5) is 17.1 Å². The van der Waals surface area contributed by atoms with Gasteiger partial charge in [-0.1, -0.05) is 49.7 Å². The molecule has 8 heteroatoms. The zero-order valence-electron chi connectivity index (χ0n) is 17.4. The third-order valence-corrected chi connectivity index (χ3v) is 6.48. The highest BCUT2D eigenvalue weighted by Gasteiger charge is 2.20. The Balaban J connectivity index is 1.86. The number of anilines is 3. The number of para-hydroxylation sites is 1. The molecule has 31 heavy (non-hydrogen) atoms. The van der Waals surface area contributed by atoms with E-state index in [0.29, 0.717) is 27.4 Å². The number of hydrogen-bond acceptors (Lipinski definition) is 3. The summed E-state index contributed by atoms with van der Waals surface area (Å²) >= 11 is 11.4. The quantitative estimate of drug-likeness (QED) is 0.362. The number of thiocarbonyl (C=S) groups is 1. The summed E-state index contributed by atoms with van der Waals surface area (Å²) in [5, 5.41) is 7.05. The Labute approximate surface area is 193 Å². The molecule has 0 atom stereocenters. The van der Waals surface area contributed by atoms with Gasteiger partial charge in [0.15, 0.2) is 5.11 Å². The van der Waals surface area contributed by atoms with E-state index in [1.807, 2.05) is 37.3 Å². The summed E-state index contributed by atoms with van der Waals surface area (Å²) in [7, 11) is -3.86. The van der Waals surface area contributed by atoms with Gasteiger partial charge >= 0.3 is 0 Å². The number of halogens is 1. The van der Waals surface area contributed by atoms with Gasteiger partial charge in [0.2, 0.25) is 0 Å². The Morgan fingerprint density at radius 2 is 1.58 bits per heavy atom. The highest BCUT2D eigenvalue weighted by atomic mass is 35.5. The third kappa shape index (κ3) is 5.97. The zero-order chi connectivity index (χ0) is 22.6. The largest absolute Gasteiger partial charge is 0.332 e. The van der Waals surface area contributed by atoms with Crippen LogP contribution in [0.3, 0.4) is 0 Å². The Hall–Kier alpha value is -2.61. The molecule has 162 valence electrons. The maximum atomic E-state index is 13.1. The molecule has 0 heterocycles. The van der Waals surface area contributed by atoms with Gasteiger partial charge in [-0.3, -0.25) is 4.72 Å². The standard InChI is InChI=1S/C23H24ClN3O2S2/c1-15(2)19-6-4-5-7-20(19)25-23(30)26-21-13-8-16(3)14-22(21)31(28,29)27-18-11-9-17(24)10-12-18/h4-15,27H,1-3H3,(H2,25,26,30). The van der Waals surface area contributed by atoms with E-state index in [0.717, 1.165) is 16.8 Å². The van der Waals surface area contributed by atoms with E-state index in [2.05, 4.69) is 29.2 Å². The van der Waals surface area contributed by atoms with E-state index in [1.54, 1.807) is 36.4 Å². The fourth-order valence-corrected chi connectivity index (χ4v) is 4.73. The molecule has 0 aromatic heterocycles. The monoisotopic (exact) mass is 473 g/mol. The lowest BCUT2D eigenvalue weighted by molar-refractivity contribution is 0.601. The first kappa shape index (κ1) is 23.1. The molecule has 0 saturated carbocycles. The van der Waals surface area contributed by atoms with Crippen molar-refractivity contribution in [3.63, 3.8) is 0 Å².